The number of carbonyl (C=O) groups is 1. The van der Waals surface area contributed by atoms with Crippen molar-refractivity contribution < 1.29 is 9.18 Å². The zero-order valence-electron chi connectivity index (χ0n) is 19.4. The largest absolute Gasteiger partial charge is 0.354 e. The lowest BCUT2D eigenvalue weighted by Gasteiger charge is -2.35. The van der Waals surface area contributed by atoms with Crippen molar-refractivity contribution in [3.05, 3.63) is 108 Å². The summed E-state index contributed by atoms with van der Waals surface area (Å²) in [5, 5.41) is 8.78. The summed E-state index contributed by atoms with van der Waals surface area (Å²) in [7, 11) is 0. The Hall–Kier alpha value is -4.06. The van der Waals surface area contributed by atoms with Gasteiger partial charge in [-0.3, -0.25) is 4.79 Å². The molecule has 3 aromatic carbocycles. The van der Waals surface area contributed by atoms with Crippen LogP contribution in [0.3, 0.4) is 0 Å². The van der Waals surface area contributed by atoms with Crippen LogP contribution in [0.25, 0.3) is 11.3 Å². The van der Waals surface area contributed by atoms with E-state index in [4.69, 9.17) is 0 Å². The Morgan fingerprint density at radius 2 is 1.60 bits per heavy atom. The van der Waals surface area contributed by atoms with Gasteiger partial charge in [-0.1, -0.05) is 48.5 Å². The molecule has 5 rings (SSSR count). The maximum absolute atomic E-state index is 13.8. The number of aromatic nitrogens is 2. The fraction of sp³-hybridized carbons (Fsp3) is 0.207. The fourth-order valence-electron chi connectivity index (χ4n) is 4.55. The van der Waals surface area contributed by atoms with Gasteiger partial charge >= 0.3 is 0 Å². The lowest BCUT2D eigenvalue weighted by atomic mass is 9.95. The van der Waals surface area contributed by atoms with Gasteiger partial charge in [0.1, 0.15) is 5.82 Å². The Labute approximate surface area is 204 Å². The molecule has 0 N–H and O–H groups in total. The summed E-state index contributed by atoms with van der Waals surface area (Å²) in [5.41, 5.74) is 3.51. The molecule has 176 valence electrons. The van der Waals surface area contributed by atoms with Gasteiger partial charge in [0.2, 0.25) is 5.91 Å². The highest BCUT2D eigenvalue weighted by molar-refractivity contribution is 5.95. The van der Waals surface area contributed by atoms with Crippen LogP contribution in [0, 0.1) is 11.7 Å². The average molecular weight is 467 g/mol. The van der Waals surface area contributed by atoms with Gasteiger partial charge in [0.05, 0.1) is 18.2 Å². The SMILES string of the molecule is O=C(C1CCCN(c2ccc(-c3ccc(F)cc3)nn2)C1)N(Cc1ccccc1)c1ccccc1. The summed E-state index contributed by atoms with van der Waals surface area (Å²) in [4.78, 5) is 17.8. The molecule has 6 heteroatoms. The Morgan fingerprint density at radius 3 is 2.29 bits per heavy atom. The van der Waals surface area contributed by atoms with Crippen molar-refractivity contribution in [2.75, 3.05) is 22.9 Å². The summed E-state index contributed by atoms with van der Waals surface area (Å²) in [6, 6.07) is 30.0. The van der Waals surface area contributed by atoms with E-state index in [1.165, 1.54) is 12.1 Å². The molecular formula is C29H27FN4O. The molecule has 1 fully saturated rings. The number of para-hydroxylation sites is 1. The Morgan fingerprint density at radius 1 is 0.886 bits per heavy atom. The monoisotopic (exact) mass is 466 g/mol. The molecular weight excluding hydrogens is 439 g/mol. The Balaban J connectivity index is 1.33. The van der Waals surface area contributed by atoms with E-state index >= 15 is 0 Å². The lowest BCUT2D eigenvalue weighted by molar-refractivity contribution is -0.122. The van der Waals surface area contributed by atoms with Gasteiger partial charge < -0.3 is 9.80 Å². The van der Waals surface area contributed by atoms with Gasteiger partial charge in [-0.25, -0.2) is 4.39 Å². The predicted octanol–water partition coefficient (Wildman–Crippen LogP) is 5.73. The van der Waals surface area contributed by atoms with Gasteiger partial charge in [0.25, 0.3) is 0 Å². The molecule has 1 unspecified atom stereocenters. The van der Waals surface area contributed by atoms with Crippen LogP contribution in [-0.4, -0.2) is 29.2 Å². The lowest BCUT2D eigenvalue weighted by Crippen LogP contribution is -2.45. The Bertz CT molecular complexity index is 1250. The van der Waals surface area contributed by atoms with Crippen LogP contribution < -0.4 is 9.80 Å². The van der Waals surface area contributed by atoms with Crippen molar-refractivity contribution in [1.29, 1.82) is 0 Å². The van der Waals surface area contributed by atoms with E-state index < -0.39 is 0 Å². The quantitative estimate of drug-likeness (QED) is 0.364. The van der Waals surface area contributed by atoms with E-state index in [1.807, 2.05) is 65.6 Å². The number of benzene rings is 3. The summed E-state index contributed by atoms with van der Waals surface area (Å²) in [5.74, 6) is 0.466. The maximum Gasteiger partial charge on any atom is 0.232 e. The van der Waals surface area contributed by atoms with E-state index in [0.717, 1.165) is 42.0 Å². The van der Waals surface area contributed by atoms with Crippen molar-refractivity contribution in [2.24, 2.45) is 5.92 Å². The molecule has 1 aliphatic heterocycles. The predicted molar refractivity (Wildman–Crippen MR) is 136 cm³/mol. The zero-order valence-corrected chi connectivity index (χ0v) is 19.4. The molecule has 1 saturated heterocycles. The van der Waals surface area contributed by atoms with Crippen LogP contribution in [-0.2, 0) is 11.3 Å². The van der Waals surface area contributed by atoms with Gasteiger partial charge in [0, 0.05) is 24.3 Å². The van der Waals surface area contributed by atoms with Gasteiger partial charge in [0.15, 0.2) is 5.82 Å². The number of amides is 1. The highest BCUT2D eigenvalue weighted by atomic mass is 19.1. The molecule has 1 aromatic heterocycles. The summed E-state index contributed by atoms with van der Waals surface area (Å²) < 4.78 is 13.2. The number of hydrogen-bond donors (Lipinski definition) is 0. The number of halogens is 1. The van der Waals surface area contributed by atoms with Crippen molar-refractivity contribution in [1.82, 2.24) is 10.2 Å². The first-order chi connectivity index (χ1) is 17.2. The molecule has 1 amide bonds. The molecule has 1 atom stereocenters. The van der Waals surface area contributed by atoms with E-state index in [2.05, 4.69) is 27.2 Å². The van der Waals surface area contributed by atoms with Gasteiger partial charge in [-0.15, -0.1) is 10.2 Å². The van der Waals surface area contributed by atoms with Crippen LogP contribution >= 0.6 is 0 Å². The topological polar surface area (TPSA) is 49.3 Å². The highest BCUT2D eigenvalue weighted by Crippen LogP contribution is 2.27. The number of hydrogen-bond acceptors (Lipinski definition) is 4. The van der Waals surface area contributed by atoms with E-state index in [1.54, 1.807) is 12.1 Å². The number of piperidine rings is 1. The third-order valence-electron chi connectivity index (χ3n) is 6.40. The van der Waals surface area contributed by atoms with Crippen molar-refractivity contribution in [3.8, 4) is 11.3 Å². The molecule has 0 aliphatic carbocycles. The van der Waals surface area contributed by atoms with Crippen LogP contribution in [0.5, 0.6) is 0 Å². The van der Waals surface area contributed by atoms with Crippen LogP contribution in [0.15, 0.2) is 97.1 Å². The van der Waals surface area contributed by atoms with Crippen molar-refractivity contribution in [2.45, 2.75) is 19.4 Å². The first kappa shape index (κ1) is 22.7. The van der Waals surface area contributed by atoms with Crippen molar-refractivity contribution in [3.63, 3.8) is 0 Å². The van der Waals surface area contributed by atoms with Gasteiger partial charge in [-0.2, -0.15) is 0 Å². The number of nitrogens with zero attached hydrogens (tertiary/aromatic N) is 4. The molecule has 4 aromatic rings. The fourth-order valence-corrected chi connectivity index (χ4v) is 4.55. The smallest absolute Gasteiger partial charge is 0.232 e. The molecule has 0 bridgehead atoms. The molecule has 35 heavy (non-hydrogen) atoms. The molecule has 0 spiro atoms. The van der Waals surface area contributed by atoms with Crippen molar-refractivity contribution >= 4 is 17.4 Å². The molecule has 0 saturated carbocycles. The van der Waals surface area contributed by atoms with E-state index in [9.17, 15) is 9.18 Å². The third-order valence-corrected chi connectivity index (χ3v) is 6.40. The zero-order chi connectivity index (χ0) is 24.0. The summed E-state index contributed by atoms with van der Waals surface area (Å²) in [6.07, 6.45) is 1.75. The molecule has 1 aliphatic rings. The molecule has 0 radical (unpaired) electrons. The number of anilines is 2. The maximum atomic E-state index is 13.8. The first-order valence-corrected chi connectivity index (χ1v) is 11.9. The minimum Gasteiger partial charge on any atom is -0.354 e. The Kier molecular flexibility index (Phi) is 6.80. The van der Waals surface area contributed by atoms with Gasteiger partial charge in [-0.05, 0) is 66.9 Å². The minimum absolute atomic E-state index is 0.126. The van der Waals surface area contributed by atoms with Crippen LogP contribution in [0.1, 0.15) is 18.4 Å². The summed E-state index contributed by atoms with van der Waals surface area (Å²) >= 11 is 0. The molecule has 2 heterocycles. The standard InChI is InChI=1S/C29H27FN4O/c30-25-15-13-23(14-16-25)27-17-18-28(32-31-27)33-19-7-10-24(21-33)29(35)34(26-11-5-2-6-12-26)20-22-8-3-1-4-9-22/h1-6,8-9,11-18,24H,7,10,19-21H2. The number of rotatable bonds is 6. The van der Waals surface area contributed by atoms with E-state index in [-0.39, 0.29) is 17.6 Å². The summed E-state index contributed by atoms with van der Waals surface area (Å²) in [6.45, 7) is 1.96. The second-order valence-corrected chi connectivity index (χ2v) is 8.81. The second-order valence-electron chi connectivity index (χ2n) is 8.81. The molecule has 5 nitrogen and oxygen atoms in total. The highest BCUT2D eigenvalue weighted by Gasteiger charge is 2.31. The normalized spacial score (nSPS) is 15.6. The second kappa shape index (κ2) is 10.5. The van der Waals surface area contributed by atoms with E-state index in [0.29, 0.717) is 18.8 Å². The average Bonchev–Trinajstić information content (AvgIpc) is 2.93. The minimum atomic E-state index is -0.279. The van der Waals surface area contributed by atoms with Crippen LogP contribution in [0.2, 0.25) is 0 Å². The first-order valence-electron chi connectivity index (χ1n) is 11.9. The van der Waals surface area contributed by atoms with Crippen LogP contribution in [0.4, 0.5) is 15.9 Å². The number of carbonyl (C=O) groups excluding carboxylic acids is 1. The third kappa shape index (κ3) is 5.38.